The normalized spacial score (nSPS) is 18.1. The number of thiophene rings is 2. The first-order valence-electron chi connectivity index (χ1n) is 14.5. The molecule has 3 nitrogen and oxygen atoms in total. The molecule has 2 aliphatic rings. The van der Waals surface area contributed by atoms with E-state index in [0.717, 1.165) is 19.3 Å². The lowest BCUT2D eigenvalue weighted by Gasteiger charge is -2.35. The molecule has 1 aliphatic heterocycles. The van der Waals surface area contributed by atoms with Crippen LogP contribution in [-0.4, -0.2) is 23.1 Å². The number of anilines is 3. The minimum atomic E-state index is 0.155. The summed E-state index contributed by atoms with van der Waals surface area (Å²) in [6, 6.07) is 30.8. The highest BCUT2D eigenvalue weighted by Crippen LogP contribution is 2.52. The van der Waals surface area contributed by atoms with Crippen LogP contribution < -0.4 is 4.90 Å². The number of rotatable bonds is 9. The Labute approximate surface area is 257 Å². The van der Waals surface area contributed by atoms with Crippen LogP contribution in [0.25, 0.3) is 11.1 Å². The lowest BCUT2D eigenvalue weighted by Crippen LogP contribution is -2.36. The summed E-state index contributed by atoms with van der Waals surface area (Å²) in [7, 11) is 2.20. The smallest absolute Gasteiger partial charge is 0.101 e. The molecule has 2 unspecified atom stereocenters. The summed E-state index contributed by atoms with van der Waals surface area (Å²) in [6.45, 7) is 9.27. The van der Waals surface area contributed by atoms with Gasteiger partial charge in [-0.15, -0.1) is 22.7 Å². The summed E-state index contributed by atoms with van der Waals surface area (Å²) >= 11 is 5.41. The molecule has 0 saturated heterocycles. The predicted octanol–water partition coefficient (Wildman–Crippen LogP) is 11.0. The summed E-state index contributed by atoms with van der Waals surface area (Å²) in [5, 5.41) is 1.21. The maximum atomic E-state index is 5.17. The Hall–Kier alpha value is -2.90. The lowest BCUT2D eigenvalue weighted by atomic mass is 9.73. The standard InChI is InChI=1S/C35H37N3S3/c1-6-14-27-31(23(3)7-2)33(29-20-19-24(4)39-29)35-34(36-41-37(35)5)32(27)28-21-22-30(40-28)38(25-15-10-8-11-16-25)26-17-12-9-13-18-26/h8-13,15-23,35H,6-7,14H2,1-5H3. The van der Waals surface area contributed by atoms with Gasteiger partial charge in [0.25, 0.3) is 0 Å². The van der Waals surface area contributed by atoms with E-state index in [2.05, 4.69) is 129 Å². The number of hydrogen-bond acceptors (Lipinski definition) is 6. The van der Waals surface area contributed by atoms with Crippen LogP contribution >= 0.6 is 34.8 Å². The largest absolute Gasteiger partial charge is 0.302 e. The van der Waals surface area contributed by atoms with E-state index in [1.54, 1.807) is 17.7 Å². The first-order valence-corrected chi connectivity index (χ1v) is 16.9. The SMILES string of the molecule is CCCC1=C(c2ccc(N(c3ccccc3)c3ccccc3)s2)C2=NSN(C)C2C(c2ccc(C)s2)=C1C(C)CC. The maximum absolute atomic E-state index is 5.17. The van der Waals surface area contributed by atoms with Crippen molar-refractivity contribution in [2.45, 2.75) is 53.0 Å². The van der Waals surface area contributed by atoms with Crippen molar-refractivity contribution in [1.82, 2.24) is 4.31 Å². The average Bonchev–Trinajstić information content (AvgIpc) is 3.74. The molecule has 0 N–H and O–H groups in total. The quantitative estimate of drug-likeness (QED) is 0.179. The lowest BCUT2D eigenvalue weighted by molar-refractivity contribution is 0.580. The van der Waals surface area contributed by atoms with Crippen LogP contribution in [0.15, 0.2) is 100 Å². The van der Waals surface area contributed by atoms with Gasteiger partial charge in [-0.25, -0.2) is 8.70 Å². The van der Waals surface area contributed by atoms with E-state index in [4.69, 9.17) is 4.40 Å². The van der Waals surface area contributed by atoms with Crippen molar-refractivity contribution in [2.24, 2.45) is 10.3 Å². The van der Waals surface area contributed by atoms with E-state index in [9.17, 15) is 0 Å². The number of allylic oxidation sites excluding steroid dienone is 2. The van der Waals surface area contributed by atoms with Gasteiger partial charge in [0.2, 0.25) is 0 Å². The molecule has 41 heavy (non-hydrogen) atoms. The van der Waals surface area contributed by atoms with E-state index < -0.39 is 0 Å². The van der Waals surface area contributed by atoms with E-state index >= 15 is 0 Å². The van der Waals surface area contributed by atoms with E-state index in [-0.39, 0.29) is 6.04 Å². The Morgan fingerprint density at radius 2 is 1.51 bits per heavy atom. The number of hydrogen-bond donors (Lipinski definition) is 0. The van der Waals surface area contributed by atoms with Crippen LogP contribution in [0.3, 0.4) is 0 Å². The highest BCUT2D eigenvalue weighted by molar-refractivity contribution is 7.96. The first-order chi connectivity index (χ1) is 20.0. The topological polar surface area (TPSA) is 18.8 Å². The molecular formula is C35H37N3S3. The van der Waals surface area contributed by atoms with Gasteiger partial charge in [0.1, 0.15) is 5.00 Å². The molecule has 0 bridgehead atoms. The van der Waals surface area contributed by atoms with Gasteiger partial charge in [-0.3, -0.25) is 0 Å². The van der Waals surface area contributed by atoms with Gasteiger partial charge < -0.3 is 4.90 Å². The van der Waals surface area contributed by atoms with Crippen molar-refractivity contribution in [3.8, 4) is 0 Å². The Balaban J connectivity index is 1.57. The molecule has 6 heteroatoms. The number of para-hydroxylation sites is 2. The second-order valence-electron chi connectivity index (χ2n) is 10.8. The van der Waals surface area contributed by atoms with Crippen molar-refractivity contribution >= 4 is 68.0 Å². The van der Waals surface area contributed by atoms with Gasteiger partial charge in [-0.05, 0) is 90.9 Å². The fourth-order valence-electron chi connectivity index (χ4n) is 6.02. The Morgan fingerprint density at radius 3 is 2.10 bits per heavy atom. The van der Waals surface area contributed by atoms with Crippen LogP contribution in [0.4, 0.5) is 16.4 Å². The maximum Gasteiger partial charge on any atom is 0.101 e. The van der Waals surface area contributed by atoms with E-state index in [1.165, 1.54) is 53.4 Å². The van der Waals surface area contributed by atoms with Crippen LogP contribution in [0.5, 0.6) is 0 Å². The summed E-state index contributed by atoms with van der Waals surface area (Å²) in [5.74, 6) is 0.467. The monoisotopic (exact) mass is 595 g/mol. The Morgan fingerprint density at radius 1 is 0.854 bits per heavy atom. The van der Waals surface area contributed by atoms with Crippen LogP contribution in [-0.2, 0) is 0 Å². The van der Waals surface area contributed by atoms with Crippen LogP contribution in [0, 0.1) is 12.8 Å². The van der Waals surface area contributed by atoms with Gasteiger partial charge >= 0.3 is 0 Å². The molecule has 0 fully saturated rings. The van der Waals surface area contributed by atoms with Gasteiger partial charge in [0.15, 0.2) is 0 Å². The van der Waals surface area contributed by atoms with Gasteiger partial charge in [0.05, 0.1) is 23.9 Å². The average molecular weight is 596 g/mol. The first kappa shape index (κ1) is 28.2. The number of aryl methyl sites for hydroxylation is 1. The minimum Gasteiger partial charge on any atom is -0.302 e. The number of fused-ring (bicyclic) bond motifs is 1. The summed E-state index contributed by atoms with van der Waals surface area (Å²) in [5.41, 5.74) is 9.42. The zero-order chi connectivity index (χ0) is 28.5. The minimum absolute atomic E-state index is 0.155. The second kappa shape index (κ2) is 12.1. The third-order valence-electron chi connectivity index (χ3n) is 8.04. The molecule has 1 aliphatic carbocycles. The van der Waals surface area contributed by atoms with Crippen LogP contribution in [0.1, 0.15) is 54.7 Å². The molecule has 0 radical (unpaired) electrons. The molecule has 0 spiro atoms. The molecule has 4 aromatic rings. The molecular weight excluding hydrogens is 559 g/mol. The predicted molar refractivity (Wildman–Crippen MR) is 183 cm³/mol. The molecule has 210 valence electrons. The van der Waals surface area contributed by atoms with E-state index in [0.29, 0.717) is 5.92 Å². The highest BCUT2D eigenvalue weighted by Gasteiger charge is 2.42. The van der Waals surface area contributed by atoms with Crippen molar-refractivity contribution in [1.29, 1.82) is 0 Å². The van der Waals surface area contributed by atoms with Crippen molar-refractivity contribution in [2.75, 3.05) is 11.9 Å². The van der Waals surface area contributed by atoms with Crippen LogP contribution in [0.2, 0.25) is 0 Å². The molecule has 3 heterocycles. The van der Waals surface area contributed by atoms with Gasteiger partial charge in [-0.1, -0.05) is 63.6 Å². The summed E-state index contributed by atoms with van der Waals surface area (Å²) < 4.78 is 7.53. The third kappa shape index (κ3) is 5.27. The molecule has 0 saturated carbocycles. The molecule has 2 atom stereocenters. The van der Waals surface area contributed by atoms with Crippen molar-refractivity contribution in [3.63, 3.8) is 0 Å². The van der Waals surface area contributed by atoms with Gasteiger partial charge in [-0.2, -0.15) is 0 Å². The summed E-state index contributed by atoms with van der Waals surface area (Å²) in [4.78, 5) is 6.43. The van der Waals surface area contributed by atoms with E-state index in [1.807, 2.05) is 22.7 Å². The number of likely N-dealkylation sites (N-methyl/N-ethyl adjacent to an activating group) is 1. The number of nitrogens with zero attached hydrogens (tertiary/aromatic N) is 3. The second-order valence-corrected chi connectivity index (χ2v) is 14.1. The molecule has 6 rings (SSSR count). The summed E-state index contributed by atoms with van der Waals surface area (Å²) in [6.07, 6.45) is 3.28. The Kier molecular flexibility index (Phi) is 8.36. The van der Waals surface area contributed by atoms with Crippen molar-refractivity contribution < 1.29 is 0 Å². The highest BCUT2D eigenvalue weighted by atomic mass is 32.2. The molecule has 2 aromatic carbocycles. The Bertz CT molecular complexity index is 1570. The zero-order valence-electron chi connectivity index (χ0n) is 24.4. The van der Waals surface area contributed by atoms with Gasteiger partial charge in [0, 0.05) is 38.6 Å². The fraction of sp³-hybridized carbons (Fsp3) is 0.286. The third-order valence-corrected chi connectivity index (χ3v) is 10.9. The molecule has 0 amide bonds. The zero-order valence-corrected chi connectivity index (χ0v) is 26.9. The number of benzene rings is 2. The van der Waals surface area contributed by atoms with Crippen molar-refractivity contribution in [3.05, 3.63) is 111 Å². The fourth-order valence-corrected chi connectivity index (χ4v) is 8.80. The molecule has 2 aromatic heterocycles.